The zero-order valence-electron chi connectivity index (χ0n) is 10.6. The van der Waals surface area contributed by atoms with Gasteiger partial charge in [-0.25, -0.2) is 0 Å². The highest BCUT2D eigenvalue weighted by Crippen LogP contribution is 2.38. The Kier molecular flexibility index (Phi) is 2.50. The van der Waals surface area contributed by atoms with E-state index in [1.165, 1.54) is 6.26 Å². The summed E-state index contributed by atoms with van der Waals surface area (Å²) in [5, 5.41) is 0. The fourth-order valence-corrected chi connectivity index (χ4v) is 2.38. The van der Waals surface area contributed by atoms with Crippen molar-refractivity contribution in [3.63, 3.8) is 0 Å². The van der Waals surface area contributed by atoms with Crippen molar-refractivity contribution < 1.29 is 18.7 Å². The maximum Gasteiger partial charge on any atom is 0.289 e. The van der Waals surface area contributed by atoms with Crippen LogP contribution in [0.5, 0.6) is 0 Å². The van der Waals surface area contributed by atoms with Gasteiger partial charge in [0.15, 0.2) is 11.5 Å². The van der Waals surface area contributed by atoms with E-state index in [4.69, 9.17) is 13.9 Å². The first-order valence-corrected chi connectivity index (χ1v) is 6.11. The summed E-state index contributed by atoms with van der Waals surface area (Å²) in [4.78, 5) is 13.8. The standard InChI is InChI=1S/C13H17NO4/c1-12(2)17-8-13(9-18-12)6-14(7-13)11(15)10-4-3-5-16-10/h3-5H,6-9H2,1-2H3. The third-order valence-corrected chi connectivity index (χ3v) is 3.52. The summed E-state index contributed by atoms with van der Waals surface area (Å²) in [5.41, 5.74) is -0.0300. The topological polar surface area (TPSA) is 51.9 Å². The smallest absolute Gasteiger partial charge is 0.289 e. The van der Waals surface area contributed by atoms with Crippen LogP contribution in [0.2, 0.25) is 0 Å². The molecule has 0 aromatic carbocycles. The lowest BCUT2D eigenvalue weighted by Gasteiger charge is -2.53. The lowest BCUT2D eigenvalue weighted by atomic mass is 9.80. The van der Waals surface area contributed by atoms with E-state index in [1.54, 1.807) is 17.0 Å². The fraction of sp³-hybridized carbons (Fsp3) is 0.615. The molecule has 1 spiro atoms. The second-order valence-electron chi connectivity index (χ2n) is 5.62. The van der Waals surface area contributed by atoms with Gasteiger partial charge in [0.2, 0.25) is 0 Å². The van der Waals surface area contributed by atoms with Crippen LogP contribution in [-0.4, -0.2) is 42.9 Å². The molecule has 1 amide bonds. The molecule has 1 aromatic rings. The summed E-state index contributed by atoms with van der Waals surface area (Å²) in [6.07, 6.45) is 1.51. The molecule has 0 unspecified atom stereocenters. The molecule has 0 radical (unpaired) electrons. The van der Waals surface area contributed by atoms with Crippen molar-refractivity contribution in [2.45, 2.75) is 19.6 Å². The second kappa shape index (κ2) is 3.83. The number of furan rings is 1. The molecule has 0 aliphatic carbocycles. The summed E-state index contributed by atoms with van der Waals surface area (Å²) in [5.74, 6) is -0.172. The maximum atomic E-state index is 12.0. The minimum absolute atomic E-state index is 0.0300. The molecule has 0 N–H and O–H groups in total. The number of hydrogen-bond donors (Lipinski definition) is 0. The number of likely N-dealkylation sites (tertiary alicyclic amines) is 1. The van der Waals surface area contributed by atoms with Gasteiger partial charge in [-0.15, -0.1) is 0 Å². The van der Waals surface area contributed by atoms with Crippen LogP contribution in [-0.2, 0) is 9.47 Å². The van der Waals surface area contributed by atoms with Crippen molar-refractivity contribution >= 4 is 5.91 Å². The Morgan fingerprint density at radius 1 is 1.28 bits per heavy atom. The minimum atomic E-state index is -0.503. The monoisotopic (exact) mass is 251 g/mol. The highest BCUT2D eigenvalue weighted by atomic mass is 16.7. The first-order chi connectivity index (χ1) is 8.50. The van der Waals surface area contributed by atoms with Gasteiger partial charge in [0, 0.05) is 13.1 Å². The van der Waals surface area contributed by atoms with Crippen LogP contribution in [0.1, 0.15) is 24.4 Å². The van der Waals surface area contributed by atoms with Crippen LogP contribution in [0.25, 0.3) is 0 Å². The average molecular weight is 251 g/mol. The number of ether oxygens (including phenoxy) is 2. The molecule has 0 saturated carbocycles. The molecule has 3 rings (SSSR count). The molecule has 5 heteroatoms. The predicted molar refractivity (Wildman–Crippen MR) is 63.0 cm³/mol. The largest absolute Gasteiger partial charge is 0.459 e. The number of rotatable bonds is 1. The molecule has 3 heterocycles. The Morgan fingerprint density at radius 3 is 2.50 bits per heavy atom. The molecular weight excluding hydrogens is 234 g/mol. The van der Waals surface area contributed by atoms with E-state index in [2.05, 4.69) is 0 Å². The lowest BCUT2D eigenvalue weighted by Crippen LogP contribution is -2.65. The minimum Gasteiger partial charge on any atom is -0.459 e. The zero-order chi connectivity index (χ0) is 12.8. The Bertz CT molecular complexity index is 434. The van der Waals surface area contributed by atoms with Crippen LogP contribution in [0.15, 0.2) is 22.8 Å². The van der Waals surface area contributed by atoms with Crippen molar-refractivity contribution in [1.82, 2.24) is 4.90 Å². The van der Waals surface area contributed by atoms with E-state index in [9.17, 15) is 4.79 Å². The highest BCUT2D eigenvalue weighted by molar-refractivity contribution is 5.92. The Hall–Kier alpha value is -1.33. The summed E-state index contributed by atoms with van der Waals surface area (Å²) >= 11 is 0. The molecule has 0 bridgehead atoms. The molecule has 2 fully saturated rings. The van der Waals surface area contributed by atoms with Crippen LogP contribution in [0.3, 0.4) is 0 Å². The second-order valence-corrected chi connectivity index (χ2v) is 5.62. The van der Waals surface area contributed by atoms with Crippen molar-refractivity contribution in [2.75, 3.05) is 26.3 Å². The van der Waals surface area contributed by atoms with E-state index in [1.807, 2.05) is 13.8 Å². The number of carbonyl (C=O) groups excluding carboxylic acids is 1. The van der Waals surface area contributed by atoms with E-state index in [0.717, 1.165) is 0 Å². The number of carbonyl (C=O) groups is 1. The first-order valence-electron chi connectivity index (χ1n) is 6.11. The SMILES string of the molecule is CC1(C)OCC2(CO1)CN(C(=O)c1ccco1)C2. The van der Waals surface area contributed by atoms with Crippen molar-refractivity contribution in [3.8, 4) is 0 Å². The van der Waals surface area contributed by atoms with Gasteiger partial charge in [0.05, 0.1) is 24.9 Å². The lowest BCUT2D eigenvalue weighted by molar-refractivity contribution is -0.301. The van der Waals surface area contributed by atoms with Crippen LogP contribution in [0, 0.1) is 5.41 Å². The summed E-state index contributed by atoms with van der Waals surface area (Å²) in [7, 11) is 0. The van der Waals surface area contributed by atoms with Gasteiger partial charge in [-0.3, -0.25) is 4.79 Å². The molecule has 2 aliphatic rings. The normalized spacial score (nSPS) is 24.9. The van der Waals surface area contributed by atoms with E-state index in [0.29, 0.717) is 32.1 Å². The van der Waals surface area contributed by atoms with Crippen LogP contribution in [0.4, 0.5) is 0 Å². The summed E-state index contributed by atoms with van der Waals surface area (Å²) in [6.45, 7) is 6.43. The number of nitrogens with zero attached hydrogens (tertiary/aromatic N) is 1. The van der Waals surface area contributed by atoms with Gasteiger partial charge < -0.3 is 18.8 Å². The summed E-state index contributed by atoms with van der Waals surface area (Å²) in [6, 6.07) is 3.41. The molecule has 2 saturated heterocycles. The Morgan fingerprint density at radius 2 is 1.94 bits per heavy atom. The van der Waals surface area contributed by atoms with Gasteiger partial charge in [-0.05, 0) is 26.0 Å². The van der Waals surface area contributed by atoms with E-state index in [-0.39, 0.29) is 11.3 Å². The molecule has 5 nitrogen and oxygen atoms in total. The third-order valence-electron chi connectivity index (χ3n) is 3.52. The third kappa shape index (κ3) is 1.93. The van der Waals surface area contributed by atoms with Gasteiger partial charge in [-0.2, -0.15) is 0 Å². The average Bonchev–Trinajstić information content (AvgIpc) is 2.79. The molecule has 18 heavy (non-hydrogen) atoms. The zero-order valence-corrected chi connectivity index (χ0v) is 10.6. The molecule has 0 atom stereocenters. The van der Waals surface area contributed by atoms with Crippen molar-refractivity contribution in [3.05, 3.63) is 24.2 Å². The van der Waals surface area contributed by atoms with Gasteiger partial charge in [0.1, 0.15) is 0 Å². The summed E-state index contributed by atoms with van der Waals surface area (Å²) < 4.78 is 16.4. The quantitative estimate of drug-likeness (QED) is 0.759. The van der Waals surface area contributed by atoms with Gasteiger partial charge in [0.25, 0.3) is 5.91 Å². The molecular formula is C13H17NO4. The van der Waals surface area contributed by atoms with Gasteiger partial charge >= 0.3 is 0 Å². The predicted octanol–water partition coefficient (Wildman–Crippen LogP) is 1.50. The van der Waals surface area contributed by atoms with Gasteiger partial charge in [-0.1, -0.05) is 0 Å². The number of amides is 1. The van der Waals surface area contributed by atoms with Crippen molar-refractivity contribution in [1.29, 1.82) is 0 Å². The first kappa shape index (κ1) is 11.7. The molecule has 1 aromatic heterocycles. The fourth-order valence-electron chi connectivity index (χ4n) is 2.38. The highest BCUT2D eigenvalue weighted by Gasteiger charge is 2.50. The van der Waals surface area contributed by atoms with E-state index >= 15 is 0 Å². The maximum absolute atomic E-state index is 12.0. The Balaban J connectivity index is 1.59. The number of hydrogen-bond acceptors (Lipinski definition) is 4. The molecule has 98 valence electrons. The van der Waals surface area contributed by atoms with Crippen molar-refractivity contribution in [2.24, 2.45) is 5.41 Å². The van der Waals surface area contributed by atoms with Crippen LogP contribution < -0.4 is 0 Å². The van der Waals surface area contributed by atoms with Crippen LogP contribution >= 0.6 is 0 Å². The Labute approximate surface area is 106 Å². The molecule has 2 aliphatic heterocycles. The van der Waals surface area contributed by atoms with E-state index < -0.39 is 5.79 Å².